The van der Waals surface area contributed by atoms with Gasteiger partial charge in [-0.2, -0.15) is 0 Å². The molecule has 0 bridgehead atoms. The summed E-state index contributed by atoms with van der Waals surface area (Å²) in [6.07, 6.45) is 2.81. The minimum atomic E-state index is 0.785. The van der Waals surface area contributed by atoms with Crippen LogP contribution in [0.25, 0.3) is 0 Å². The first-order chi connectivity index (χ1) is 5.34. The molecule has 0 amide bonds. The molecule has 11 heavy (non-hydrogen) atoms. The van der Waals surface area contributed by atoms with Gasteiger partial charge in [-0.3, -0.25) is 0 Å². The van der Waals surface area contributed by atoms with E-state index in [-0.39, 0.29) is 0 Å². The first-order valence-corrected chi connectivity index (χ1v) is 4.57. The summed E-state index contributed by atoms with van der Waals surface area (Å²) in [5.41, 5.74) is 0. The molecule has 1 aliphatic heterocycles. The number of nitrogens with one attached hydrogen (secondary N) is 1. The topological polar surface area (TPSA) is 25.2 Å². The maximum Gasteiger partial charge on any atom is 0.105 e. The van der Waals surface area contributed by atoms with Crippen LogP contribution >= 0.6 is 15.9 Å². The van der Waals surface area contributed by atoms with Gasteiger partial charge in [0.05, 0.1) is 4.47 Å². The predicted molar refractivity (Wildman–Crippen MR) is 46.5 cm³/mol. The molecular weight excluding hydrogens is 206 g/mol. The number of furan rings is 1. The van der Waals surface area contributed by atoms with Gasteiger partial charge < -0.3 is 9.73 Å². The molecule has 2 heterocycles. The quantitative estimate of drug-likeness (QED) is 0.815. The molecule has 0 atom stereocenters. The second kappa shape index (κ2) is 2.99. The van der Waals surface area contributed by atoms with Crippen LogP contribution in [-0.4, -0.2) is 13.1 Å². The number of rotatable bonds is 2. The van der Waals surface area contributed by atoms with Crippen molar-refractivity contribution >= 4 is 15.9 Å². The molecule has 0 saturated carbocycles. The third kappa shape index (κ3) is 1.65. The summed E-state index contributed by atoms with van der Waals surface area (Å²) >= 11 is 3.35. The van der Waals surface area contributed by atoms with E-state index in [2.05, 4.69) is 21.2 Å². The van der Waals surface area contributed by atoms with Gasteiger partial charge in [-0.05, 0) is 41.0 Å². The Morgan fingerprint density at radius 2 is 2.45 bits per heavy atom. The maximum atomic E-state index is 5.30. The van der Waals surface area contributed by atoms with Crippen molar-refractivity contribution in [1.29, 1.82) is 0 Å². The molecule has 0 unspecified atom stereocenters. The van der Waals surface area contributed by atoms with E-state index in [1.165, 1.54) is 0 Å². The molecule has 0 radical (unpaired) electrons. The highest BCUT2D eigenvalue weighted by atomic mass is 79.9. The summed E-state index contributed by atoms with van der Waals surface area (Å²) in [6.45, 7) is 2.27. The van der Waals surface area contributed by atoms with Crippen LogP contribution in [0.2, 0.25) is 0 Å². The van der Waals surface area contributed by atoms with Gasteiger partial charge in [-0.1, -0.05) is 0 Å². The lowest BCUT2D eigenvalue weighted by Gasteiger charge is -2.25. The standard InChI is InChI=1S/C8H10BrNO/c9-7-2-8(11-5-7)1-6-3-10-4-6/h2,5-6,10H,1,3-4H2. The van der Waals surface area contributed by atoms with Crippen molar-refractivity contribution in [2.45, 2.75) is 6.42 Å². The molecule has 0 aliphatic carbocycles. The molecule has 2 nitrogen and oxygen atoms in total. The van der Waals surface area contributed by atoms with Gasteiger partial charge >= 0.3 is 0 Å². The van der Waals surface area contributed by atoms with Crippen molar-refractivity contribution < 1.29 is 4.42 Å². The Kier molecular flexibility index (Phi) is 2.00. The fourth-order valence-corrected chi connectivity index (χ4v) is 1.59. The minimum Gasteiger partial charge on any atom is -0.468 e. The molecule has 2 rings (SSSR count). The van der Waals surface area contributed by atoms with E-state index in [1.807, 2.05) is 6.07 Å². The smallest absolute Gasteiger partial charge is 0.105 e. The maximum absolute atomic E-state index is 5.30. The summed E-state index contributed by atoms with van der Waals surface area (Å²) in [5, 5.41) is 3.23. The van der Waals surface area contributed by atoms with E-state index in [4.69, 9.17) is 4.42 Å². The van der Waals surface area contributed by atoms with Crippen LogP contribution in [-0.2, 0) is 6.42 Å². The molecule has 1 aromatic heterocycles. The van der Waals surface area contributed by atoms with Crippen LogP contribution in [0.1, 0.15) is 5.76 Å². The minimum absolute atomic E-state index is 0.785. The molecule has 0 aromatic carbocycles. The zero-order chi connectivity index (χ0) is 7.68. The first kappa shape index (κ1) is 7.37. The predicted octanol–water partition coefficient (Wildman–Crippen LogP) is 1.80. The Morgan fingerprint density at radius 1 is 1.64 bits per heavy atom. The average molecular weight is 216 g/mol. The normalized spacial score (nSPS) is 18.3. The number of hydrogen-bond acceptors (Lipinski definition) is 2. The van der Waals surface area contributed by atoms with Gasteiger partial charge in [-0.15, -0.1) is 0 Å². The van der Waals surface area contributed by atoms with E-state index < -0.39 is 0 Å². The highest BCUT2D eigenvalue weighted by Gasteiger charge is 2.18. The lowest BCUT2D eigenvalue weighted by molar-refractivity contribution is 0.323. The Balaban J connectivity index is 1.95. The van der Waals surface area contributed by atoms with Crippen molar-refractivity contribution in [3.63, 3.8) is 0 Å². The van der Waals surface area contributed by atoms with E-state index in [9.17, 15) is 0 Å². The van der Waals surface area contributed by atoms with Crippen molar-refractivity contribution in [3.8, 4) is 0 Å². The molecule has 0 spiro atoms. The van der Waals surface area contributed by atoms with Gasteiger partial charge in [0.1, 0.15) is 12.0 Å². The average Bonchev–Trinajstić information content (AvgIpc) is 2.27. The summed E-state index contributed by atoms with van der Waals surface area (Å²) < 4.78 is 6.34. The highest BCUT2D eigenvalue weighted by Crippen LogP contribution is 2.18. The zero-order valence-electron chi connectivity index (χ0n) is 6.14. The molecular formula is C8H10BrNO. The number of hydrogen-bond donors (Lipinski definition) is 1. The lowest BCUT2D eigenvalue weighted by atomic mass is 9.98. The van der Waals surface area contributed by atoms with E-state index in [0.29, 0.717) is 0 Å². The van der Waals surface area contributed by atoms with Crippen LogP contribution in [0.3, 0.4) is 0 Å². The summed E-state index contributed by atoms with van der Waals surface area (Å²) in [6, 6.07) is 2.04. The molecule has 60 valence electrons. The van der Waals surface area contributed by atoms with Gasteiger partial charge in [0.15, 0.2) is 0 Å². The van der Waals surface area contributed by atoms with E-state index in [1.54, 1.807) is 6.26 Å². The van der Waals surface area contributed by atoms with Crippen LogP contribution in [0.15, 0.2) is 21.2 Å². The fraction of sp³-hybridized carbons (Fsp3) is 0.500. The third-order valence-electron chi connectivity index (χ3n) is 1.98. The van der Waals surface area contributed by atoms with Gasteiger partial charge in [0.25, 0.3) is 0 Å². The second-order valence-corrected chi connectivity index (χ2v) is 3.88. The van der Waals surface area contributed by atoms with Crippen LogP contribution in [0.5, 0.6) is 0 Å². The summed E-state index contributed by atoms with van der Waals surface area (Å²) in [7, 11) is 0. The molecule has 1 saturated heterocycles. The van der Waals surface area contributed by atoms with Gasteiger partial charge in [-0.25, -0.2) is 0 Å². The van der Waals surface area contributed by atoms with Crippen LogP contribution in [0.4, 0.5) is 0 Å². The van der Waals surface area contributed by atoms with Crippen molar-refractivity contribution in [2.75, 3.05) is 13.1 Å². The monoisotopic (exact) mass is 215 g/mol. The van der Waals surface area contributed by atoms with Gasteiger partial charge in [0, 0.05) is 6.42 Å². The van der Waals surface area contributed by atoms with Crippen molar-refractivity contribution in [2.24, 2.45) is 5.92 Å². The second-order valence-electron chi connectivity index (χ2n) is 2.96. The van der Waals surface area contributed by atoms with Crippen molar-refractivity contribution in [1.82, 2.24) is 5.32 Å². The Morgan fingerprint density at radius 3 is 2.91 bits per heavy atom. The van der Waals surface area contributed by atoms with E-state index >= 15 is 0 Å². The molecule has 1 aromatic rings. The van der Waals surface area contributed by atoms with Crippen LogP contribution < -0.4 is 5.32 Å². The summed E-state index contributed by atoms with van der Waals surface area (Å²) in [4.78, 5) is 0. The van der Waals surface area contributed by atoms with Crippen molar-refractivity contribution in [3.05, 3.63) is 22.6 Å². The highest BCUT2D eigenvalue weighted by molar-refractivity contribution is 9.10. The van der Waals surface area contributed by atoms with Gasteiger partial charge in [0.2, 0.25) is 0 Å². The number of halogens is 1. The Bertz CT molecular complexity index is 242. The first-order valence-electron chi connectivity index (χ1n) is 3.78. The zero-order valence-corrected chi connectivity index (χ0v) is 7.73. The van der Waals surface area contributed by atoms with Crippen LogP contribution in [0, 0.1) is 5.92 Å². The molecule has 3 heteroatoms. The summed E-state index contributed by atoms with van der Waals surface area (Å²) in [5.74, 6) is 1.87. The molecule has 1 aliphatic rings. The third-order valence-corrected chi connectivity index (χ3v) is 2.39. The fourth-order valence-electron chi connectivity index (χ4n) is 1.24. The SMILES string of the molecule is Brc1coc(CC2CNC2)c1. The lowest BCUT2D eigenvalue weighted by Crippen LogP contribution is -2.42. The largest absolute Gasteiger partial charge is 0.468 e. The molecule has 1 N–H and O–H groups in total. The Hall–Kier alpha value is -0.280. The Labute approximate surface area is 74.1 Å². The van der Waals surface area contributed by atoms with E-state index in [0.717, 1.165) is 35.7 Å². The molecule has 1 fully saturated rings.